The molecule has 7 rings (SSSR count). The van der Waals surface area contributed by atoms with Crippen LogP contribution in [0.3, 0.4) is 0 Å². The number of fused-ring (bicyclic) bond motifs is 4. The molecule has 2 bridgehead atoms. The van der Waals surface area contributed by atoms with Crippen molar-refractivity contribution in [2.24, 2.45) is 28.9 Å². The zero-order valence-corrected chi connectivity index (χ0v) is 41.1. The lowest BCUT2D eigenvalue weighted by atomic mass is 9.52. The van der Waals surface area contributed by atoms with Crippen molar-refractivity contribution in [3.05, 3.63) is 129 Å². The summed E-state index contributed by atoms with van der Waals surface area (Å²) in [6.07, 6.45) is 14.7. The van der Waals surface area contributed by atoms with Gasteiger partial charge in [-0.25, -0.2) is 0 Å². The molecule has 2 heterocycles. The van der Waals surface area contributed by atoms with E-state index in [0.29, 0.717) is 91.5 Å². The van der Waals surface area contributed by atoms with Crippen molar-refractivity contribution in [2.45, 2.75) is 166 Å². The molecule has 1 amide bonds. The summed E-state index contributed by atoms with van der Waals surface area (Å²) in [5, 5.41) is 69.2. The van der Waals surface area contributed by atoms with Crippen LogP contribution < -0.4 is 21.7 Å². The van der Waals surface area contributed by atoms with Gasteiger partial charge in [0, 0.05) is 30.3 Å². The van der Waals surface area contributed by atoms with E-state index in [1.165, 1.54) is 31.3 Å². The molecule has 68 heavy (non-hydrogen) atoms. The van der Waals surface area contributed by atoms with Gasteiger partial charge in [-0.2, -0.15) is 0 Å². The molecule has 5 aliphatic rings. The van der Waals surface area contributed by atoms with Gasteiger partial charge in [-0.15, -0.1) is 0 Å². The van der Waals surface area contributed by atoms with Crippen LogP contribution in [-0.2, 0) is 28.9 Å². The molecule has 0 saturated heterocycles. The molecular formula is C57H80N4O7. The number of hydrogen-bond donors (Lipinski definition) is 9. The SMILES string of the molecule is C=C(/C=C/C=C(/CO)[C@H]1CC[C@@]2([C@@H]3CC[C@H](O)Cc4cccc(c4)CC[C@@H](O)CN[C@H]4C(=O)N[C@H](N)c5cccc(c54)CC(=O)/C(C)=C/3CC[C@@]2(C)O)[C@@H]1O)[C@H](CC=C(C)C)NCC1CCCC1. The largest absolute Gasteiger partial charge is 0.393 e. The highest BCUT2D eigenvalue weighted by atomic mass is 16.3. The van der Waals surface area contributed by atoms with E-state index < -0.39 is 53.4 Å². The monoisotopic (exact) mass is 933 g/mol. The fourth-order valence-corrected chi connectivity index (χ4v) is 12.6. The molecule has 3 aliphatic carbocycles. The molecule has 0 radical (unpaired) electrons. The normalized spacial score (nSPS) is 32.7. The summed E-state index contributed by atoms with van der Waals surface area (Å²) in [4.78, 5) is 28.4. The second-order valence-corrected chi connectivity index (χ2v) is 21.4. The van der Waals surface area contributed by atoms with Crippen molar-refractivity contribution in [3.8, 4) is 0 Å². The number of rotatable bonds is 10. The Balaban J connectivity index is 1.22. The first-order valence-electron chi connectivity index (χ1n) is 25.5. The van der Waals surface area contributed by atoms with E-state index >= 15 is 0 Å². The Hall–Kier alpha value is -4.04. The first kappa shape index (κ1) is 51.8. The van der Waals surface area contributed by atoms with Crippen LogP contribution >= 0.6 is 0 Å². The van der Waals surface area contributed by atoms with Crippen molar-refractivity contribution < 1.29 is 35.1 Å². The lowest BCUT2D eigenvalue weighted by Crippen LogP contribution is -2.59. The number of hydrogen-bond acceptors (Lipinski definition) is 10. The van der Waals surface area contributed by atoms with Gasteiger partial charge in [-0.3, -0.25) is 14.9 Å². The van der Waals surface area contributed by atoms with Crippen LogP contribution in [-0.4, -0.2) is 86.9 Å². The van der Waals surface area contributed by atoms with Crippen LogP contribution in [0.5, 0.6) is 0 Å². The standard InChI is InChI=1S/C57H80N4O7/c1-35(2)19-24-49(59-32-39-12-6-7-13-39)36(3)11-8-17-42(34-62)46-26-28-57(53(46)66)48-23-22-43(63)30-40-15-9-14-38(29-40)20-21-44(64)33-60-52-51-41(16-10-18-47(51)54(58)61-55(52)67)31-50(65)37(4)45(48)25-27-56(57,5)68/h8-11,14-19,29,39,43-44,46,48-49,52-54,59-60,62-64,66,68H,3,6-7,12-13,20-28,30-34,58H2,1-2,4-5H3,(H,61,67)/b11-8+,42-17-,45-37+/t43-,44+,46+,48+,49-,52+,53+,54-,56+,57+/m0/s1. The zero-order valence-electron chi connectivity index (χ0n) is 41.1. The molecule has 2 aromatic carbocycles. The Bertz CT molecular complexity index is 2250. The van der Waals surface area contributed by atoms with E-state index in [0.717, 1.165) is 35.2 Å². The van der Waals surface area contributed by atoms with Gasteiger partial charge >= 0.3 is 0 Å². The van der Waals surface area contributed by atoms with Crippen molar-refractivity contribution in [2.75, 3.05) is 19.7 Å². The highest BCUT2D eigenvalue weighted by Gasteiger charge is 2.64. The number of Topliss-reactive ketones (excluding diaryl/α,β-unsaturated/α-hetero) is 1. The third-order valence-electron chi connectivity index (χ3n) is 16.6. The minimum atomic E-state index is -1.33. The Morgan fingerprint density at radius 3 is 2.47 bits per heavy atom. The van der Waals surface area contributed by atoms with E-state index in [2.05, 4.69) is 48.5 Å². The van der Waals surface area contributed by atoms with Gasteiger partial charge in [-0.05, 0) is 168 Å². The number of amides is 1. The first-order valence-corrected chi connectivity index (χ1v) is 25.5. The predicted octanol–water partition coefficient (Wildman–Crippen LogP) is 6.98. The average Bonchev–Trinajstić information content (AvgIpc) is 3.95. The summed E-state index contributed by atoms with van der Waals surface area (Å²) in [6.45, 7) is 13.2. The van der Waals surface area contributed by atoms with Crippen LogP contribution in [0.25, 0.3) is 0 Å². The van der Waals surface area contributed by atoms with Crippen molar-refractivity contribution in [1.82, 2.24) is 16.0 Å². The van der Waals surface area contributed by atoms with Gasteiger partial charge in [-0.1, -0.05) is 97.3 Å². The minimum Gasteiger partial charge on any atom is -0.393 e. The Morgan fingerprint density at radius 2 is 1.72 bits per heavy atom. The van der Waals surface area contributed by atoms with Gasteiger partial charge in [0.15, 0.2) is 5.78 Å². The molecule has 1 spiro atoms. The summed E-state index contributed by atoms with van der Waals surface area (Å²) in [7, 11) is 0. The molecule has 3 saturated carbocycles. The fourth-order valence-electron chi connectivity index (χ4n) is 12.6. The van der Waals surface area contributed by atoms with E-state index in [9.17, 15) is 35.1 Å². The Kier molecular flexibility index (Phi) is 17.4. The van der Waals surface area contributed by atoms with E-state index in [4.69, 9.17) is 5.73 Å². The van der Waals surface area contributed by atoms with Crippen LogP contribution in [0.4, 0.5) is 0 Å². The third kappa shape index (κ3) is 11.6. The minimum absolute atomic E-state index is 0.00186. The summed E-state index contributed by atoms with van der Waals surface area (Å²) in [5.41, 5.74) is 12.4. The smallest absolute Gasteiger partial charge is 0.243 e. The maximum absolute atomic E-state index is 14.8. The van der Waals surface area contributed by atoms with E-state index in [1.54, 1.807) is 0 Å². The Morgan fingerprint density at radius 1 is 0.971 bits per heavy atom. The highest BCUT2D eigenvalue weighted by Crippen LogP contribution is 2.63. The summed E-state index contributed by atoms with van der Waals surface area (Å²) < 4.78 is 0. The zero-order chi connectivity index (χ0) is 48.8. The van der Waals surface area contributed by atoms with E-state index in [-0.39, 0.29) is 37.3 Å². The van der Waals surface area contributed by atoms with E-state index in [1.807, 2.05) is 68.5 Å². The number of ketones is 1. The number of allylic oxidation sites excluding steroid dienone is 5. The third-order valence-corrected chi connectivity index (χ3v) is 16.6. The van der Waals surface area contributed by atoms with Crippen molar-refractivity contribution >= 4 is 11.7 Å². The number of aryl methyl sites for hydroxylation is 1. The number of nitrogens with one attached hydrogen (secondary N) is 3. The molecule has 3 fully saturated rings. The number of benzene rings is 2. The van der Waals surface area contributed by atoms with Gasteiger partial charge in [0.25, 0.3) is 0 Å². The quantitative estimate of drug-likeness (QED) is 0.0886. The molecule has 10 atom stereocenters. The summed E-state index contributed by atoms with van der Waals surface area (Å²) in [5.74, 6) is -0.687. The topological polar surface area (TPSA) is 197 Å². The average molecular weight is 933 g/mol. The van der Waals surface area contributed by atoms with Gasteiger partial charge in [0.05, 0.1) is 30.5 Å². The molecule has 11 heteroatoms. The lowest BCUT2D eigenvalue weighted by molar-refractivity contribution is -0.168. The fraction of sp³-hybridized carbons (Fsp3) is 0.579. The molecule has 0 unspecified atom stereocenters. The van der Waals surface area contributed by atoms with Gasteiger partial charge in [0.1, 0.15) is 12.2 Å². The summed E-state index contributed by atoms with van der Waals surface area (Å²) in [6, 6.07) is 12.9. The van der Waals surface area contributed by atoms with Gasteiger partial charge < -0.3 is 41.9 Å². The highest BCUT2D eigenvalue weighted by molar-refractivity contribution is 5.98. The molecule has 370 valence electrons. The second kappa shape index (κ2) is 22.8. The number of aliphatic hydroxyl groups is 5. The lowest BCUT2D eigenvalue weighted by Gasteiger charge is -2.56. The number of carbonyl (C=O) groups is 2. The van der Waals surface area contributed by atoms with Crippen molar-refractivity contribution in [1.29, 1.82) is 0 Å². The maximum atomic E-state index is 14.8. The number of carbonyl (C=O) groups excluding carboxylic acids is 2. The van der Waals surface area contributed by atoms with Crippen molar-refractivity contribution in [3.63, 3.8) is 0 Å². The maximum Gasteiger partial charge on any atom is 0.243 e. The predicted molar refractivity (Wildman–Crippen MR) is 269 cm³/mol. The molecular weight excluding hydrogens is 853 g/mol. The number of aliphatic hydroxyl groups excluding tert-OH is 4. The number of nitrogens with two attached hydrogens (primary N) is 1. The molecule has 2 aliphatic heterocycles. The van der Waals surface area contributed by atoms with Crippen LogP contribution in [0.15, 0.2) is 101 Å². The van der Waals surface area contributed by atoms with Crippen LogP contribution in [0, 0.1) is 23.2 Å². The molecule has 0 aromatic heterocycles. The van der Waals surface area contributed by atoms with Gasteiger partial charge in [0.2, 0.25) is 5.91 Å². The second-order valence-electron chi connectivity index (χ2n) is 21.4. The first-order chi connectivity index (χ1) is 32.5. The van der Waals surface area contributed by atoms with Crippen LogP contribution in [0.2, 0.25) is 0 Å². The van der Waals surface area contributed by atoms with Crippen LogP contribution in [0.1, 0.15) is 145 Å². The molecule has 10 N–H and O–H groups in total. The number of β-amino-alcohol motifs (C(OH)–C–C–N with tert-alkyl or cyclic N) is 1. The molecule has 11 nitrogen and oxygen atoms in total. The molecule has 2 aromatic rings. The summed E-state index contributed by atoms with van der Waals surface area (Å²) >= 11 is 0. The Labute approximate surface area is 405 Å².